The van der Waals surface area contributed by atoms with Gasteiger partial charge >= 0.3 is 0 Å². The zero-order chi connectivity index (χ0) is 10.0. The van der Waals surface area contributed by atoms with Crippen molar-refractivity contribution in [1.82, 2.24) is 0 Å². The van der Waals surface area contributed by atoms with Crippen LogP contribution in [0.5, 0.6) is 5.75 Å². The summed E-state index contributed by atoms with van der Waals surface area (Å²) in [6.07, 6.45) is 0. The lowest BCUT2D eigenvalue weighted by molar-refractivity contribution is 0.101. The number of Topliss-reactive ketones (excluding diaryl/α,β-unsaturated/α-hetero) is 1. The third kappa shape index (κ3) is 2.03. The number of carbonyl (C=O) groups is 1. The van der Waals surface area contributed by atoms with Gasteiger partial charge in [-0.3, -0.25) is 4.79 Å². The third-order valence-corrected chi connectivity index (χ3v) is 3.07. The molecule has 0 N–H and O–H groups in total. The Hall–Kier alpha value is -0.540. The number of carbonyl (C=O) groups excluding carboxylic acids is 1. The van der Waals surface area contributed by atoms with Crippen LogP contribution in [-0.2, 0) is 0 Å². The minimum Gasteiger partial charge on any atom is -0.495 e. The molecule has 0 aliphatic carbocycles. The largest absolute Gasteiger partial charge is 0.495 e. The van der Waals surface area contributed by atoms with Crippen molar-refractivity contribution in [1.29, 1.82) is 0 Å². The minimum absolute atomic E-state index is 0.0311. The third-order valence-electron chi connectivity index (χ3n) is 1.65. The smallest absolute Gasteiger partial charge is 0.160 e. The van der Waals surface area contributed by atoms with E-state index in [0.29, 0.717) is 20.8 Å². The van der Waals surface area contributed by atoms with Gasteiger partial charge in [0.2, 0.25) is 0 Å². The van der Waals surface area contributed by atoms with Gasteiger partial charge in [0, 0.05) is 5.56 Å². The highest BCUT2D eigenvalue weighted by molar-refractivity contribution is 9.10. The fourth-order valence-electron chi connectivity index (χ4n) is 0.961. The molecule has 2 nitrogen and oxygen atoms in total. The molecule has 0 amide bonds. The van der Waals surface area contributed by atoms with Crippen molar-refractivity contribution in [3.8, 4) is 5.75 Å². The van der Waals surface area contributed by atoms with Gasteiger partial charge < -0.3 is 4.74 Å². The van der Waals surface area contributed by atoms with E-state index in [1.807, 2.05) is 0 Å². The van der Waals surface area contributed by atoms with Crippen LogP contribution in [0.25, 0.3) is 0 Å². The Bertz CT molecular complexity index is 350. The van der Waals surface area contributed by atoms with Gasteiger partial charge in [-0.15, -0.1) is 0 Å². The summed E-state index contributed by atoms with van der Waals surface area (Å²) in [7, 11) is 1.53. The van der Waals surface area contributed by atoms with E-state index in [-0.39, 0.29) is 5.78 Å². The monoisotopic (exact) mass is 262 g/mol. The van der Waals surface area contributed by atoms with E-state index in [9.17, 15) is 4.79 Å². The van der Waals surface area contributed by atoms with E-state index < -0.39 is 0 Å². The first-order valence-corrected chi connectivity index (χ1v) is 4.78. The minimum atomic E-state index is -0.0311. The highest BCUT2D eigenvalue weighted by Crippen LogP contribution is 2.34. The van der Waals surface area contributed by atoms with Crippen molar-refractivity contribution in [2.45, 2.75) is 6.92 Å². The van der Waals surface area contributed by atoms with Gasteiger partial charge in [0.05, 0.1) is 16.6 Å². The Balaban J connectivity index is 3.31. The number of halogens is 2. The van der Waals surface area contributed by atoms with Crippen molar-refractivity contribution in [3.05, 3.63) is 27.2 Å². The van der Waals surface area contributed by atoms with Crippen LogP contribution in [0.2, 0.25) is 5.02 Å². The highest BCUT2D eigenvalue weighted by Gasteiger charge is 2.12. The average Bonchev–Trinajstić information content (AvgIpc) is 2.09. The maximum absolute atomic E-state index is 11.1. The molecule has 0 aliphatic rings. The van der Waals surface area contributed by atoms with E-state index in [1.165, 1.54) is 14.0 Å². The summed E-state index contributed by atoms with van der Waals surface area (Å²) in [5, 5.41) is 0.426. The average molecular weight is 264 g/mol. The number of benzene rings is 1. The summed E-state index contributed by atoms with van der Waals surface area (Å²) < 4.78 is 5.57. The first-order chi connectivity index (χ1) is 6.07. The maximum Gasteiger partial charge on any atom is 0.160 e. The Morgan fingerprint density at radius 2 is 2.15 bits per heavy atom. The van der Waals surface area contributed by atoms with Crippen LogP contribution >= 0.6 is 27.5 Å². The SMILES string of the molecule is COc1ccc(C(C)=O)c(Br)c1Cl. The Morgan fingerprint density at radius 3 is 2.62 bits per heavy atom. The molecule has 0 saturated carbocycles. The fourth-order valence-corrected chi connectivity index (χ4v) is 1.81. The lowest BCUT2D eigenvalue weighted by Crippen LogP contribution is -1.95. The molecule has 0 bridgehead atoms. The number of hydrogen-bond acceptors (Lipinski definition) is 2. The van der Waals surface area contributed by atoms with Crippen molar-refractivity contribution in [2.24, 2.45) is 0 Å². The van der Waals surface area contributed by atoms with Gasteiger partial charge in [0.1, 0.15) is 5.75 Å². The van der Waals surface area contributed by atoms with Crippen LogP contribution in [-0.4, -0.2) is 12.9 Å². The molecule has 1 rings (SSSR count). The molecule has 0 aliphatic heterocycles. The van der Waals surface area contributed by atoms with Crippen LogP contribution in [0.3, 0.4) is 0 Å². The second-order valence-electron chi connectivity index (χ2n) is 2.50. The summed E-state index contributed by atoms with van der Waals surface area (Å²) in [6.45, 7) is 1.49. The summed E-state index contributed by atoms with van der Waals surface area (Å²) in [5.74, 6) is 0.523. The summed E-state index contributed by atoms with van der Waals surface area (Å²) >= 11 is 9.16. The molecule has 1 aromatic rings. The second kappa shape index (κ2) is 4.11. The van der Waals surface area contributed by atoms with Gasteiger partial charge in [-0.2, -0.15) is 0 Å². The summed E-state index contributed by atoms with van der Waals surface area (Å²) in [5.41, 5.74) is 0.561. The Kier molecular flexibility index (Phi) is 3.33. The summed E-state index contributed by atoms with van der Waals surface area (Å²) in [4.78, 5) is 11.1. The molecular weight excluding hydrogens is 255 g/mol. The van der Waals surface area contributed by atoms with Crippen LogP contribution in [0.4, 0.5) is 0 Å². The normalized spacial score (nSPS) is 9.85. The number of ether oxygens (including phenoxy) is 1. The molecule has 0 radical (unpaired) electrons. The molecule has 13 heavy (non-hydrogen) atoms. The van der Waals surface area contributed by atoms with E-state index >= 15 is 0 Å². The predicted molar refractivity (Wildman–Crippen MR) is 55.7 cm³/mol. The standard InChI is InChI=1S/C9H8BrClO2/c1-5(12)6-3-4-7(13-2)9(11)8(6)10/h3-4H,1-2H3. The van der Waals surface area contributed by atoms with E-state index in [2.05, 4.69) is 15.9 Å². The lowest BCUT2D eigenvalue weighted by atomic mass is 10.1. The van der Waals surface area contributed by atoms with Gasteiger partial charge in [-0.05, 0) is 35.0 Å². The topological polar surface area (TPSA) is 26.3 Å². The van der Waals surface area contributed by atoms with E-state index in [1.54, 1.807) is 12.1 Å². The molecule has 0 unspecified atom stereocenters. The first kappa shape index (κ1) is 10.5. The molecule has 0 atom stereocenters. The summed E-state index contributed by atoms with van der Waals surface area (Å²) in [6, 6.07) is 3.35. The maximum atomic E-state index is 11.1. The Labute approximate surface area is 90.0 Å². The van der Waals surface area contributed by atoms with Crippen molar-refractivity contribution in [3.63, 3.8) is 0 Å². The van der Waals surface area contributed by atoms with E-state index in [4.69, 9.17) is 16.3 Å². The molecule has 0 heterocycles. The lowest BCUT2D eigenvalue weighted by Gasteiger charge is -2.07. The number of methoxy groups -OCH3 is 1. The fraction of sp³-hybridized carbons (Fsp3) is 0.222. The van der Waals surface area contributed by atoms with E-state index in [0.717, 1.165) is 0 Å². The number of rotatable bonds is 2. The highest BCUT2D eigenvalue weighted by atomic mass is 79.9. The van der Waals surface area contributed by atoms with Crippen LogP contribution in [0.15, 0.2) is 16.6 Å². The van der Waals surface area contributed by atoms with Crippen LogP contribution in [0.1, 0.15) is 17.3 Å². The molecule has 70 valence electrons. The Morgan fingerprint density at radius 1 is 1.54 bits per heavy atom. The van der Waals surface area contributed by atoms with Gasteiger partial charge in [0.25, 0.3) is 0 Å². The molecule has 1 aromatic carbocycles. The number of ketones is 1. The zero-order valence-corrected chi connectivity index (χ0v) is 9.57. The second-order valence-corrected chi connectivity index (χ2v) is 3.67. The molecule has 0 spiro atoms. The van der Waals surface area contributed by atoms with Crippen molar-refractivity contribution >= 4 is 33.3 Å². The first-order valence-electron chi connectivity index (χ1n) is 3.61. The van der Waals surface area contributed by atoms with Crippen LogP contribution in [0, 0.1) is 0 Å². The molecule has 4 heteroatoms. The molecular formula is C9H8BrClO2. The quantitative estimate of drug-likeness (QED) is 0.765. The van der Waals surface area contributed by atoms with Crippen LogP contribution < -0.4 is 4.74 Å². The predicted octanol–water partition coefficient (Wildman–Crippen LogP) is 3.31. The van der Waals surface area contributed by atoms with Gasteiger partial charge in [-0.1, -0.05) is 11.6 Å². The molecule has 0 aromatic heterocycles. The zero-order valence-electron chi connectivity index (χ0n) is 7.23. The van der Waals surface area contributed by atoms with Gasteiger partial charge in [0.15, 0.2) is 5.78 Å². The van der Waals surface area contributed by atoms with Gasteiger partial charge in [-0.25, -0.2) is 0 Å². The molecule has 0 saturated heterocycles. The molecule has 0 fully saturated rings. The van der Waals surface area contributed by atoms with Crippen molar-refractivity contribution in [2.75, 3.05) is 7.11 Å². The number of hydrogen-bond donors (Lipinski definition) is 0. The van der Waals surface area contributed by atoms with Crippen molar-refractivity contribution < 1.29 is 9.53 Å².